The first-order valence-corrected chi connectivity index (χ1v) is 4.54. The van der Waals surface area contributed by atoms with Crippen LogP contribution in [-0.2, 0) is 6.42 Å². The Morgan fingerprint density at radius 1 is 1.60 bits per heavy atom. The van der Waals surface area contributed by atoms with Crippen LogP contribution < -0.4 is 4.74 Å². The lowest BCUT2D eigenvalue weighted by molar-refractivity contribution is -0.385. The van der Waals surface area contributed by atoms with E-state index < -0.39 is 11.0 Å². The molecule has 0 bridgehead atoms. The highest BCUT2D eigenvalue weighted by Gasteiger charge is 2.15. The summed E-state index contributed by atoms with van der Waals surface area (Å²) in [6.07, 6.45) is -0.122. The summed E-state index contributed by atoms with van der Waals surface area (Å²) in [7, 11) is 1.39. The fourth-order valence-electron chi connectivity index (χ4n) is 1.35. The molecule has 0 heterocycles. The van der Waals surface area contributed by atoms with Gasteiger partial charge in [0.15, 0.2) is 5.75 Å². The molecular weight excluding hydrogens is 198 g/mol. The number of aliphatic hydroxyl groups excluding tert-OH is 1. The van der Waals surface area contributed by atoms with Crippen molar-refractivity contribution < 1.29 is 14.8 Å². The topological polar surface area (TPSA) is 72.6 Å². The average molecular weight is 211 g/mol. The van der Waals surface area contributed by atoms with Crippen LogP contribution in [0.2, 0.25) is 0 Å². The van der Waals surface area contributed by atoms with Gasteiger partial charge in [-0.25, -0.2) is 0 Å². The van der Waals surface area contributed by atoms with Crippen molar-refractivity contribution in [2.75, 3.05) is 7.11 Å². The highest BCUT2D eigenvalue weighted by atomic mass is 16.6. The van der Waals surface area contributed by atoms with Crippen LogP contribution in [0, 0.1) is 10.1 Å². The van der Waals surface area contributed by atoms with Gasteiger partial charge in [0.1, 0.15) is 0 Å². The maximum absolute atomic E-state index is 10.7. The molecule has 0 spiro atoms. The zero-order valence-electron chi connectivity index (χ0n) is 8.64. The van der Waals surface area contributed by atoms with E-state index in [0.717, 1.165) is 5.56 Å². The number of aliphatic hydroxyl groups is 1. The molecule has 1 aromatic carbocycles. The third-order valence-electron chi connectivity index (χ3n) is 1.97. The van der Waals surface area contributed by atoms with Crippen molar-refractivity contribution in [3.63, 3.8) is 0 Å². The Morgan fingerprint density at radius 3 is 2.73 bits per heavy atom. The number of ether oxygens (including phenoxy) is 1. The summed E-state index contributed by atoms with van der Waals surface area (Å²) in [4.78, 5) is 10.2. The van der Waals surface area contributed by atoms with Crippen molar-refractivity contribution in [3.8, 4) is 5.75 Å². The Balaban J connectivity index is 3.05. The molecule has 0 aliphatic heterocycles. The minimum Gasteiger partial charge on any atom is -0.490 e. The molecule has 0 saturated carbocycles. The van der Waals surface area contributed by atoms with E-state index in [9.17, 15) is 10.1 Å². The maximum atomic E-state index is 10.7. The van der Waals surface area contributed by atoms with E-state index >= 15 is 0 Å². The number of nitrogens with zero attached hydrogens (tertiary/aromatic N) is 1. The van der Waals surface area contributed by atoms with Crippen LogP contribution >= 0.6 is 0 Å². The molecule has 1 unspecified atom stereocenters. The molecular formula is C10H13NO4. The second-order valence-corrected chi connectivity index (χ2v) is 3.32. The van der Waals surface area contributed by atoms with Gasteiger partial charge in [0, 0.05) is 6.07 Å². The van der Waals surface area contributed by atoms with Crippen LogP contribution in [0.5, 0.6) is 5.75 Å². The Kier molecular flexibility index (Phi) is 3.62. The maximum Gasteiger partial charge on any atom is 0.311 e. The lowest BCUT2D eigenvalue weighted by atomic mass is 10.1. The molecule has 0 aromatic heterocycles. The van der Waals surface area contributed by atoms with Gasteiger partial charge in [-0.1, -0.05) is 6.07 Å². The van der Waals surface area contributed by atoms with Crippen molar-refractivity contribution in [3.05, 3.63) is 33.9 Å². The van der Waals surface area contributed by atoms with Crippen LogP contribution in [-0.4, -0.2) is 23.2 Å². The molecule has 0 fully saturated rings. The Bertz CT molecular complexity index is 362. The molecule has 1 N–H and O–H groups in total. The van der Waals surface area contributed by atoms with Gasteiger partial charge in [0.25, 0.3) is 0 Å². The van der Waals surface area contributed by atoms with Crippen LogP contribution in [0.3, 0.4) is 0 Å². The average Bonchev–Trinajstić information content (AvgIpc) is 2.16. The Morgan fingerprint density at radius 2 is 2.27 bits per heavy atom. The van der Waals surface area contributed by atoms with Crippen molar-refractivity contribution >= 4 is 5.69 Å². The molecule has 1 atom stereocenters. The number of nitro benzene ring substituents is 1. The minimum absolute atomic E-state index is 0.0735. The van der Waals surface area contributed by atoms with Crippen molar-refractivity contribution in [1.29, 1.82) is 0 Å². The number of hydrogen-bond acceptors (Lipinski definition) is 4. The van der Waals surface area contributed by atoms with Gasteiger partial charge in [-0.3, -0.25) is 10.1 Å². The number of benzene rings is 1. The summed E-state index contributed by atoms with van der Waals surface area (Å²) in [6.45, 7) is 1.63. The number of methoxy groups -OCH3 is 1. The summed E-state index contributed by atoms with van der Waals surface area (Å²) < 4.78 is 4.86. The fourth-order valence-corrected chi connectivity index (χ4v) is 1.35. The monoisotopic (exact) mass is 211 g/mol. The van der Waals surface area contributed by atoms with E-state index in [1.807, 2.05) is 0 Å². The molecule has 5 nitrogen and oxygen atoms in total. The van der Waals surface area contributed by atoms with Crippen LogP contribution in [0.4, 0.5) is 5.69 Å². The summed E-state index contributed by atoms with van der Waals surface area (Å²) in [6, 6.07) is 4.67. The lowest BCUT2D eigenvalue weighted by Crippen LogP contribution is -2.04. The molecule has 0 saturated heterocycles. The van der Waals surface area contributed by atoms with Crippen LogP contribution in [0.15, 0.2) is 18.2 Å². The molecule has 1 rings (SSSR count). The minimum atomic E-state index is -0.516. The third kappa shape index (κ3) is 2.92. The van der Waals surface area contributed by atoms with E-state index in [1.165, 1.54) is 19.2 Å². The quantitative estimate of drug-likeness (QED) is 0.605. The number of rotatable bonds is 4. The van der Waals surface area contributed by atoms with Gasteiger partial charge >= 0.3 is 5.69 Å². The van der Waals surface area contributed by atoms with Crippen LogP contribution in [0.25, 0.3) is 0 Å². The first-order valence-electron chi connectivity index (χ1n) is 4.54. The largest absolute Gasteiger partial charge is 0.490 e. The molecule has 0 radical (unpaired) electrons. The van der Waals surface area contributed by atoms with Gasteiger partial charge in [-0.2, -0.15) is 0 Å². The zero-order chi connectivity index (χ0) is 11.4. The second-order valence-electron chi connectivity index (χ2n) is 3.32. The first-order chi connectivity index (χ1) is 7.04. The predicted molar refractivity (Wildman–Crippen MR) is 55.0 cm³/mol. The molecule has 15 heavy (non-hydrogen) atoms. The molecule has 0 aliphatic rings. The van der Waals surface area contributed by atoms with E-state index in [0.29, 0.717) is 6.42 Å². The standard InChI is InChI=1S/C10H13NO4/c1-7(12)5-8-3-4-10(15-2)9(6-8)11(13)14/h3-4,6-7,12H,5H2,1-2H3. The predicted octanol–water partition coefficient (Wildman–Crippen LogP) is 1.53. The SMILES string of the molecule is COc1ccc(CC(C)O)cc1[N+](=O)[O-]. The molecule has 0 aliphatic carbocycles. The Labute approximate surface area is 87.5 Å². The fraction of sp³-hybridized carbons (Fsp3) is 0.400. The van der Waals surface area contributed by atoms with E-state index in [4.69, 9.17) is 9.84 Å². The summed E-state index contributed by atoms with van der Waals surface area (Å²) in [5.74, 6) is 0.231. The van der Waals surface area contributed by atoms with Crippen molar-refractivity contribution in [2.24, 2.45) is 0 Å². The second kappa shape index (κ2) is 4.75. The third-order valence-corrected chi connectivity index (χ3v) is 1.97. The lowest BCUT2D eigenvalue weighted by Gasteiger charge is -2.06. The molecule has 5 heteroatoms. The first kappa shape index (κ1) is 11.5. The highest BCUT2D eigenvalue weighted by molar-refractivity contribution is 5.48. The number of nitro groups is 1. The van der Waals surface area contributed by atoms with E-state index in [-0.39, 0.29) is 11.4 Å². The zero-order valence-corrected chi connectivity index (χ0v) is 8.64. The molecule has 82 valence electrons. The van der Waals surface area contributed by atoms with Gasteiger partial charge < -0.3 is 9.84 Å². The van der Waals surface area contributed by atoms with Crippen molar-refractivity contribution in [1.82, 2.24) is 0 Å². The summed E-state index contributed by atoms with van der Waals surface area (Å²) in [5, 5.41) is 19.8. The van der Waals surface area contributed by atoms with Gasteiger partial charge in [0.2, 0.25) is 0 Å². The number of hydrogen-bond donors (Lipinski definition) is 1. The molecule has 1 aromatic rings. The normalized spacial score (nSPS) is 12.2. The van der Waals surface area contributed by atoms with Gasteiger partial charge in [-0.05, 0) is 25.0 Å². The van der Waals surface area contributed by atoms with Gasteiger partial charge in [-0.15, -0.1) is 0 Å². The van der Waals surface area contributed by atoms with Gasteiger partial charge in [0.05, 0.1) is 18.1 Å². The summed E-state index contributed by atoms with van der Waals surface area (Å²) in [5.41, 5.74) is 0.646. The van der Waals surface area contributed by atoms with Crippen molar-refractivity contribution in [2.45, 2.75) is 19.4 Å². The molecule has 0 amide bonds. The van der Waals surface area contributed by atoms with E-state index in [2.05, 4.69) is 0 Å². The summed E-state index contributed by atoms with van der Waals surface area (Å²) >= 11 is 0. The highest BCUT2D eigenvalue weighted by Crippen LogP contribution is 2.27. The Hall–Kier alpha value is -1.62. The van der Waals surface area contributed by atoms with E-state index in [1.54, 1.807) is 13.0 Å². The smallest absolute Gasteiger partial charge is 0.311 e. The van der Waals surface area contributed by atoms with Crippen LogP contribution in [0.1, 0.15) is 12.5 Å².